The number of piperidine rings is 1. The fourth-order valence-corrected chi connectivity index (χ4v) is 7.05. The average Bonchev–Trinajstić information content (AvgIpc) is 2.79. The van der Waals surface area contributed by atoms with Gasteiger partial charge in [0.2, 0.25) is 10.0 Å². The van der Waals surface area contributed by atoms with Crippen LogP contribution in [0.25, 0.3) is 10.8 Å². The summed E-state index contributed by atoms with van der Waals surface area (Å²) in [6, 6.07) is 19.5. The van der Waals surface area contributed by atoms with Gasteiger partial charge in [-0.05, 0) is 48.4 Å². The smallest absolute Gasteiger partial charge is 0.243 e. The Bertz CT molecular complexity index is 1220. The molecule has 1 atom stereocenters. The average molecular weight is 491 g/mol. The molecular formula is C25H28Cl2N2O2S. The van der Waals surface area contributed by atoms with E-state index in [0.29, 0.717) is 34.3 Å². The highest BCUT2D eigenvalue weighted by Gasteiger charge is 2.32. The molecule has 0 radical (unpaired) electrons. The van der Waals surface area contributed by atoms with Gasteiger partial charge in [-0.2, -0.15) is 4.31 Å². The van der Waals surface area contributed by atoms with Crippen molar-refractivity contribution < 1.29 is 8.42 Å². The maximum Gasteiger partial charge on any atom is 0.243 e. The molecule has 3 aromatic carbocycles. The van der Waals surface area contributed by atoms with Crippen LogP contribution in [-0.2, 0) is 23.0 Å². The van der Waals surface area contributed by atoms with Gasteiger partial charge in [0, 0.05) is 48.5 Å². The number of rotatable bonds is 4. The first-order valence-electron chi connectivity index (χ1n) is 11.0. The molecule has 2 heterocycles. The van der Waals surface area contributed by atoms with Gasteiger partial charge < -0.3 is 0 Å². The summed E-state index contributed by atoms with van der Waals surface area (Å²) in [6.07, 6.45) is 3.05. The fourth-order valence-electron chi connectivity index (χ4n) is 5.07. The van der Waals surface area contributed by atoms with Gasteiger partial charge >= 0.3 is 0 Å². The topological polar surface area (TPSA) is 40.6 Å². The second-order valence-electron chi connectivity index (χ2n) is 8.72. The first-order chi connectivity index (χ1) is 15.0. The monoisotopic (exact) mass is 490 g/mol. The Morgan fingerprint density at radius 2 is 1.62 bits per heavy atom. The van der Waals surface area contributed by atoms with Gasteiger partial charge in [0.25, 0.3) is 0 Å². The molecule has 4 nitrogen and oxygen atoms in total. The summed E-state index contributed by atoms with van der Waals surface area (Å²) in [5.74, 6) is 0.354. The van der Waals surface area contributed by atoms with Crippen LogP contribution in [0.1, 0.15) is 24.0 Å². The van der Waals surface area contributed by atoms with Crippen LogP contribution in [0.5, 0.6) is 0 Å². The van der Waals surface area contributed by atoms with Crippen molar-refractivity contribution in [1.82, 2.24) is 9.21 Å². The molecule has 32 heavy (non-hydrogen) atoms. The van der Waals surface area contributed by atoms with Crippen molar-refractivity contribution in [3.8, 4) is 0 Å². The molecule has 2 aliphatic rings. The van der Waals surface area contributed by atoms with E-state index in [9.17, 15) is 8.42 Å². The van der Waals surface area contributed by atoms with Gasteiger partial charge in [-0.1, -0.05) is 60.1 Å². The summed E-state index contributed by atoms with van der Waals surface area (Å²) in [5, 5.41) is 2.06. The molecule has 1 unspecified atom stereocenters. The van der Waals surface area contributed by atoms with Crippen molar-refractivity contribution in [3.05, 3.63) is 76.8 Å². The van der Waals surface area contributed by atoms with Crippen LogP contribution >= 0.6 is 24.0 Å². The highest BCUT2D eigenvalue weighted by Crippen LogP contribution is 2.33. The Hall–Kier alpha value is -1.63. The molecule has 0 aliphatic carbocycles. The highest BCUT2D eigenvalue weighted by atomic mass is 35.5. The predicted octanol–water partition coefficient (Wildman–Crippen LogP) is 5.37. The predicted molar refractivity (Wildman–Crippen MR) is 133 cm³/mol. The van der Waals surface area contributed by atoms with Gasteiger partial charge in [-0.3, -0.25) is 4.90 Å². The standard InChI is InChI=1S/C25H27ClN2O2S.ClH/c26-24-11-12-25(23-10-4-3-9-22(23)24)31(29,30)28-14-5-6-19(17-28)16-27-15-13-20-7-1-2-8-21(20)18-27;/h1-4,7-12,19H,5-6,13-18H2;1H. The van der Waals surface area contributed by atoms with Crippen LogP contribution in [0.4, 0.5) is 0 Å². The number of hydrogen-bond acceptors (Lipinski definition) is 3. The summed E-state index contributed by atoms with van der Waals surface area (Å²) in [5.41, 5.74) is 2.85. The summed E-state index contributed by atoms with van der Waals surface area (Å²) in [4.78, 5) is 2.85. The third-order valence-electron chi connectivity index (χ3n) is 6.66. The molecular weight excluding hydrogens is 463 g/mol. The molecule has 0 saturated carbocycles. The first kappa shape index (κ1) is 23.5. The van der Waals surface area contributed by atoms with E-state index in [-0.39, 0.29) is 12.4 Å². The highest BCUT2D eigenvalue weighted by molar-refractivity contribution is 7.89. The molecule has 5 rings (SSSR count). The van der Waals surface area contributed by atoms with Crippen molar-refractivity contribution in [2.45, 2.75) is 30.7 Å². The molecule has 1 fully saturated rings. The number of halogens is 2. The lowest BCUT2D eigenvalue weighted by atomic mass is 9.95. The Labute approximate surface area is 201 Å². The Balaban J connectivity index is 0.00000245. The van der Waals surface area contributed by atoms with Gasteiger partial charge in [0.05, 0.1) is 4.90 Å². The fraction of sp³-hybridized carbons (Fsp3) is 0.360. The SMILES string of the molecule is Cl.O=S(=O)(c1ccc(Cl)c2ccccc12)N1CCCC(CN2CCc3ccccc3C2)C1. The molecule has 3 aromatic rings. The van der Waals surface area contributed by atoms with Gasteiger partial charge in [-0.15, -0.1) is 12.4 Å². The zero-order valence-electron chi connectivity index (χ0n) is 17.9. The number of sulfonamides is 1. The summed E-state index contributed by atoms with van der Waals surface area (Å²) in [7, 11) is -3.57. The first-order valence-corrected chi connectivity index (χ1v) is 12.8. The third kappa shape index (κ3) is 4.55. The number of hydrogen-bond donors (Lipinski definition) is 0. The van der Waals surface area contributed by atoms with Gasteiger partial charge in [0.1, 0.15) is 0 Å². The molecule has 170 valence electrons. The largest absolute Gasteiger partial charge is 0.298 e. The van der Waals surface area contributed by atoms with Crippen molar-refractivity contribution in [2.75, 3.05) is 26.2 Å². The summed E-state index contributed by atoms with van der Waals surface area (Å²) < 4.78 is 28.9. The van der Waals surface area contributed by atoms with Crippen LogP contribution in [0, 0.1) is 5.92 Å². The zero-order chi connectivity index (χ0) is 21.4. The molecule has 0 aromatic heterocycles. The van der Waals surface area contributed by atoms with E-state index in [1.54, 1.807) is 16.4 Å². The third-order valence-corrected chi connectivity index (χ3v) is 8.91. The number of nitrogens with zero attached hydrogens (tertiary/aromatic N) is 2. The van der Waals surface area contributed by atoms with E-state index in [1.807, 2.05) is 24.3 Å². The van der Waals surface area contributed by atoms with Crippen molar-refractivity contribution >= 4 is 44.8 Å². The minimum absolute atomic E-state index is 0. The minimum Gasteiger partial charge on any atom is -0.298 e. The Morgan fingerprint density at radius 1 is 0.906 bits per heavy atom. The zero-order valence-corrected chi connectivity index (χ0v) is 20.3. The van der Waals surface area contributed by atoms with Gasteiger partial charge in [-0.25, -0.2) is 8.42 Å². The van der Waals surface area contributed by atoms with Crippen LogP contribution in [-0.4, -0.2) is 43.8 Å². The van der Waals surface area contributed by atoms with E-state index in [4.69, 9.17) is 11.6 Å². The summed E-state index contributed by atoms with van der Waals surface area (Å²) in [6.45, 7) is 4.11. The second-order valence-corrected chi connectivity index (χ2v) is 11.0. The summed E-state index contributed by atoms with van der Waals surface area (Å²) >= 11 is 6.32. The van der Waals surface area contributed by atoms with Crippen LogP contribution in [0.2, 0.25) is 5.02 Å². The van der Waals surface area contributed by atoms with Crippen molar-refractivity contribution in [2.24, 2.45) is 5.92 Å². The molecule has 0 spiro atoms. The van der Waals surface area contributed by atoms with E-state index < -0.39 is 10.0 Å². The Morgan fingerprint density at radius 3 is 2.44 bits per heavy atom. The maximum absolute atomic E-state index is 13.6. The van der Waals surface area contributed by atoms with E-state index >= 15 is 0 Å². The van der Waals surface area contributed by atoms with Crippen LogP contribution in [0.3, 0.4) is 0 Å². The molecule has 0 N–H and O–H groups in total. The lowest BCUT2D eigenvalue weighted by Crippen LogP contribution is -2.44. The van der Waals surface area contributed by atoms with Crippen molar-refractivity contribution in [3.63, 3.8) is 0 Å². The van der Waals surface area contributed by atoms with Crippen LogP contribution in [0.15, 0.2) is 65.6 Å². The molecule has 1 saturated heterocycles. The number of benzene rings is 3. The van der Waals surface area contributed by atoms with E-state index in [1.165, 1.54) is 11.1 Å². The minimum atomic E-state index is -3.57. The normalized spacial score (nSPS) is 20.0. The lowest BCUT2D eigenvalue weighted by molar-refractivity contribution is 0.167. The van der Waals surface area contributed by atoms with Gasteiger partial charge in [0.15, 0.2) is 0 Å². The number of fused-ring (bicyclic) bond motifs is 2. The van der Waals surface area contributed by atoms with Crippen LogP contribution < -0.4 is 0 Å². The quantitative estimate of drug-likeness (QED) is 0.493. The lowest BCUT2D eigenvalue weighted by Gasteiger charge is -2.36. The van der Waals surface area contributed by atoms with E-state index in [2.05, 4.69) is 29.2 Å². The molecule has 0 bridgehead atoms. The van der Waals surface area contributed by atoms with E-state index in [0.717, 1.165) is 44.3 Å². The molecule has 7 heteroatoms. The Kier molecular flexibility index (Phi) is 7.13. The second kappa shape index (κ2) is 9.70. The maximum atomic E-state index is 13.6. The molecule has 2 aliphatic heterocycles. The molecule has 0 amide bonds. The van der Waals surface area contributed by atoms with Crippen molar-refractivity contribution in [1.29, 1.82) is 0 Å².